The molecule has 0 radical (unpaired) electrons. The number of carbonyl (C=O) groups excluding carboxylic acids is 1. The van der Waals surface area contributed by atoms with Crippen molar-refractivity contribution in [2.45, 2.75) is 24.8 Å². The predicted octanol–water partition coefficient (Wildman–Crippen LogP) is 5.21. The van der Waals surface area contributed by atoms with Crippen LogP contribution in [0.5, 0.6) is 5.75 Å². The summed E-state index contributed by atoms with van der Waals surface area (Å²) in [4.78, 5) is 18.5. The van der Waals surface area contributed by atoms with E-state index in [1.54, 1.807) is 23.9 Å². The van der Waals surface area contributed by atoms with Crippen LogP contribution in [-0.2, 0) is 11.3 Å². The van der Waals surface area contributed by atoms with E-state index < -0.39 is 0 Å². The van der Waals surface area contributed by atoms with E-state index in [-0.39, 0.29) is 11.7 Å². The van der Waals surface area contributed by atoms with E-state index in [1.165, 1.54) is 35.2 Å². The Morgan fingerprint density at radius 2 is 2.00 bits per heavy atom. The maximum absolute atomic E-state index is 13.0. The van der Waals surface area contributed by atoms with Gasteiger partial charge < -0.3 is 9.30 Å². The fourth-order valence-corrected chi connectivity index (χ4v) is 5.05. The third-order valence-corrected chi connectivity index (χ3v) is 6.75. The van der Waals surface area contributed by atoms with Crippen molar-refractivity contribution >= 4 is 51.0 Å². The van der Waals surface area contributed by atoms with Gasteiger partial charge in [-0.1, -0.05) is 11.3 Å². The summed E-state index contributed by atoms with van der Waals surface area (Å²) in [6.07, 6.45) is 2.40. The number of halogens is 1. The van der Waals surface area contributed by atoms with Crippen LogP contribution < -0.4 is 9.54 Å². The van der Waals surface area contributed by atoms with Gasteiger partial charge in [0.2, 0.25) is 5.91 Å². The normalized spacial score (nSPS) is 11.9. The van der Waals surface area contributed by atoms with Crippen molar-refractivity contribution in [3.63, 3.8) is 0 Å². The standard InChI is InChI=1S/C21H23FN2O2S3/c1-3-26-16-6-9-18-19(14-16)29-21(24(18)11-13-27-2)23-20(25)10-12-28-17-7-4-15(22)5-8-17/h4-9,14H,3,10-13H2,1-2H3. The lowest BCUT2D eigenvalue weighted by atomic mass is 10.3. The monoisotopic (exact) mass is 450 g/mol. The minimum absolute atomic E-state index is 0.144. The molecule has 0 saturated carbocycles. The second-order valence-corrected chi connectivity index (χ2v) is 9.31. The number of ether oxygens (including phenoxy) is 1. The Balaban J connectivity index is 1.77. The van der Waals surface area contributed by atoms with Crippen LogP contribution in [0.4, 0.5) is 4.39 Å². The highest BCUT2D eigenvalue weighted by molar-refractivity contribution is 7.99. The van der Waals surface area contributed by atoms with Crippen molar-refractivity contribution in [1.29, 1.82) is 0 Å². The average molecular weight is 451 g/mol. The Hall–Kier alpha value is -1.77. The van der Waals surface area contributed by atoms with Gasteiger partial charge in [-0.15, -0.1) is 11.8 Å². The van der Waals surface area contributed by atoms with Crippen LogP contribution in [0.3, 0.4) is 0 Å². The summed E-state index contributed by atoms with van der Waals surface area (Å²) >= 11 is 4.80. The maximum atomic E-state index is 13.0. The third kappa shape index (κ3) is 6.10. The van der Waals surface area contributed by atoms with Gasteiger partial charge in [0.05, 0.1) is 16.8 Å². The third-order valence-electron chi connectivity index (χ3n) is 4.10. The van der Waals surface area contributed by atoms with Crippen LogP contribution in [0.2, 0.25) is 0 Å². The molecule has 2 aromatic carbocycles. The smallest absolute Gasteiger partial charge is 0.249 e. The molecule has 0 unspecified atom stereocenters. The molecule has 1 amide bonds. The highest BCUT2D eigenvalue weighted by atomic mass is 32.2. The van der Waals surface area contributed by atoms with Gasteiger partial charge in [-0.2, -0.15) is 16.8 Å². The van der Waals surface area contributed by atoms with E-state index >= 15 is 0 Å². The van der Waals surface area contributed by atoms with Gasteiger partial charge in [0.1, 0.15) is 11.6 Å². The summed E-state index contributed by atoms with van der Waals surface area (Å²) in [5, 5.41) is 0. The number of carbonyl (C=O) groups is 1. The molecule has 0 fully saturated rings. The molecule has 1 heterocycles. The quantitative estimate of drug-likeness (QED) is 0.420. The number of thioether (sulfide) groups is 2. The first-order valence-electron chi connectivity index (χ1n) is 9.31. The Kier molecular flexibility index (Phi) is 8.20. The molecule has 3 rings (SSSR count). The molecule has 29 heavy (non-hydrogen) atoms. The summed E-state index contributed by atoms with van der Waals surface area (Å²) in [7, 11) is 0. The molecule has 0 saturated heterocycles. The maximum Gasteiger partial charge on any atom is 0.249 e. The number of fused-ring (bicyclic) bond motifs is 1. The first-order chi connectivity index (χ1) is 14.1. The van der Waals surface area contributed by atoms with Crippen LogP contribution in [0.15, 0.2) is 52.4 Å². The lowest BCUT2D eigenvalue weighted by molar-refractivity contribution is -0.117. The molecular weight excluding hydrogens is 427 g/mol. The highest BCUT2D eigenvalue weighted by Crippen LogP contribution is 2.24. The summed E-state index contributed by atoms with van der Waals surface area (Å²) in [6.45, 7) is 3.37. The van der Waals surface area contributed by atoms with Gasteiger partial charge in [-0.25, -0.2) is 4.39 Å². The van der Waals surface area contributed by atoms with E-state index in [1.807, 2.05) is 25.1 Å². The van der Waals surface area contributed by atoms with Crippen molar-refractivity contribution in [1.82, 2.24) is 4.57 Å². The second-order valence-electron chi connectivity index (χ2n) is 6.15. The lowest BCUT2D eigenvalue weighted by Gasteiger charge is -2.05. The van der Waals surface area contributed by atoms with Crippen LogP contribution in [0, 0.1) is 5.82 Å². The van der Waals surface area contributed by atoms with Crippen molar-refractivity contribution < 1.29 is 13.9 Å². The zero-order valence-electron chi connectivity index (χ0n) is 16.4. The van der Waals surface area contributed by atoms with E-state index in [0.717, 1.165) is 38.0 Å². The number of nitrogens with zero attached hydrogens (tertiary/aromatic N) is 2. The predicted molar refractivity (Wildman–Crippen MR) is 122 cm³/mol. The molecule has 0 aliphatic carbocycles. The SMILES string of the molecule is CCOc1ccc2c(c1)sc(=NC(=O)CCSc1ccc(F)cc1)n2CCSC. The average Bonchev–Trinajstić information content (AvgIpc) is 3.04. The summed E-state index contributed by atoms with van der Waals surface area (Å²) in [6, 6.07) is 12.3. The van der Waals surface area contributed by atoms with Crippen LogP contribution in [-0.4, -0.2) is 34.8 Å². The molecule has 0 bridgehead atoms. The summed E-state index contributed by atoms with van der Waals surface area (Å²) in [5.74, 6) is 1.98. The Bertz CT molecular complexity index is 1030. The molecule has 154 valence electrons. The molecule has 0 aliphatic rings. The molecule has 3 aromatic rings. The largest absolute Gasteiger partial charge is 0.494 e. The molecular formula is C21H23FN2O2S3. The first-order valence-corrected chi connectivity index (χ1v) is 12.5. The number of amides is 1. The lowest BCUT2D eigenvalue weighted by Crippen LogP contribution is -2.18. The van der Waals surface area contributed by atoms with Crippen molar-refractivity contribution in [2.75, 3.05) is 24.4 Å². The Labute approximate surface area is 182 Å². The van der Waals surface area contributed by atoms with Crippen LogP contribution in [0.1, 0.15) is 13.3 Å². The van der Waals surface area contributed by atoms with Crippen LogP contribution >= 0.6 is 34.9 Å². The summed E-state index contributed by atoms with van der Waals surface area (Å²) < 4.78 is 21.7. The second kappa shape index (κ2) is 10.8. The minimum Gasteiger partial charge on any atom is -0.494 e. The van der Waals surface area contributed by atoms with E-state index in [4.69, 9.17) is 4.74 Å². The van der Waals surface area contributed by atoms with Gasteiger partial charge in [0.25, 0.3) is 0 Å². The molecule has 0 N–H and O–H groups in total. The number of aromatic nitrogens is 1. The number of thiazole rings is 1. The minimum atomic E-state index is -0.257. The Morgan fingerprint density at radius 3 is 2.72 bits per heavy atom. The highest BCUT2D eigenvalue weighted by Gasteiger charge is 2.09. The van der Waals surface area contributed by atoms with Gasteiger partial charge >= 0.3 is 0 Å². The molecule has 0 aliphatic heterocycles. The fraction of sp³-hybridized carbons (Fsp3) is 0.333. The van der Waals surface area contributed by atoms with Crippen LogP contribution in [0.25, 0.3) is 10.2 Å². The first kappa shape index (κ1) is 21.9. The van der Waals surface area contributed by atoms with Gasteiger partial charge in [-0.3, -0.25) is 4.79 Å². The topological polar surface area (TPSA) is 43.6 Å². The van der Waals surface area contributed by atoms with Crippen molar-refractivity contribution in [2.24, 2.45) is 4.99 Å². The Morgan fingerprint density at radius 1 is 1.21 bits per heavy atom. The van der Waals surface area contributed by atoms with E-state index in [0.29, 0.717) is 18.8 Å². The van der Waals surface area contributed by atoms with E-state index in [2.05, 4.69) is 15.8 Å². The van der Waals surface area contributed by atoms with Crippen molar-refractivity contribution in [3.8, 4) is 5.75 Å². The zero-order chi connectivity index (χ0) is 20.6. The molecule has 0 spiro atoms. The molecule has 1 aromatic heterocycles. The number of hydrogen-bond donors (Lipinski definition) is 0. The van der Waals surface area contributed by atoms with E-state index in [9.17, 15) is 9.18 Å². The number of hydrogen-bond acceptors (Lipinski definition) is 5. The van der Waals surface area contributed by atoms with Gasteiger partial charge in [0.15, 0.2) is 4.80 Å². The fourth-order valence-electron chi connectivity index (χ4n) is 2.74. The van der Waals surface area contributed by atoms with Gasteiger partial charge in [0, 0.05) is 29.4 Å². The number of aryl methyl sites for hydroxylation is 1. The van der Waals surface area contributed by atoms with Gasteiger partial charge in [-0.05, 0) is 55.6 Å². The molecule has 0 atom stereocenters. The van der Waals surface area contributed by atoms with Crippen molar-refractivity contribution in [3.05, 3.63) is 53.1 Å². The number of rotatable bonds is 9. The number of benzene rings is 2. The summed E-state index contributed by atoms with van der Waals surface area (Å²) in [5.41, 5.74) is 1.07. The molecule has 4 nitrogen and oxygen atoms in total. The molecule has 8 heteroatoms. The zero-order valence-corrected chi connectivity index (χ0v) is 18.8.